The first-order valence-corrected chi connectivity index (χ1v) is 11.7. The summed E-state index contributed by atoms with van der Waals surface area (Å²) in [6.07, 6.45) is 6.63. The number of benzene rings is 2. The Morgan fingerprint density at radius 2 is 1.83 bits per heavy atom. The van der Waals surface area contributed by atoms with Crippen LogP contribution in [-0.4, -0.2) is 48.3 Å². The van der Waals surface area contributed by atoms with Crippen LogP contribution >= 0.6 is 0 Å². The third-order valence-electron chi connectivity index (χ3n) is 6.47. The van der Waals surface area contributed by atoms with Gasteiger partial charge in [-0.1, -0.05) is 23.8 Å². The predicted molar refractivity (Wildman–Crippen MR) is 127 cm³/mol. The fourth-order valence-corrected chi connectivity index (χ4v) is 4.58. The number of allylic oxidation sites excluding steroid dienone is 1. The Kier molecular flexibility index (Phi) is 7.39. The number of carbonyl (C=O) groups is 4. The molecule has 1 saturated heterocycles. The van der Waals surface area contributed by atoms with E-state index in [-0.39, 0.29) is 24.1 Å². The number of anilines is 1. The number of nitrogens with zero attached hydrogens (tertiary/aromatic N) is 2. The summed E-state index contributed by atoms with van der Waals surface area (Å²) in [5.41, 5.74) is 1.65. The molecule has 3 amide bonds. The molecular formula is C27H27FN2O5. The van der Waals surface area contributed by atoms with Crippen LogP contribution in [0.25, 0.3) is 0 Å². The lowest BCUT2D eigenvalue weighted by Gasteiger charge is -2.29. The van der Waals surface area contributed by atoms with Gasteiger partial charge in [-0.25, -0.2) is 14.1 Å². The van der Waals surface area contributed by atoms with Crippen LogP contribution in [0.1, 0.15) is 59.2 Å². The molecule has 1 aliphatic heterocycles. The van der Waals surface area contributed by atoms with Crippen LogP contribution in [0.3, 0.4) is 0 Å². The Morgan fingerprint density at radius 3 is 2.49 bits per heavy atom. The molecule has 0 spiro atoms. The highest BCUT2D eigenvalue weighted by atomic mass is 19.1. The van der Waals surface area contributed by atoms with Crippen molar-refractivity contribution in [3.05, 3.63) is 77.1 Å². The molecule has 7 nitrogen and oxygen atoms in total. The molecule has 0 radical (unpaired) electrons. The third kappa shape index (κ3) is 5.16. The number of carbonyl (C=O) groups excluding carboxylic acids is 4. The van der Waals surface area contributed by atoms with Gasteiger partial charge >= 0.3 is 5.97 Å². The van der Waals surface area contributed by atoms with Crippen LogP contribution in [-0.2, 0) is 14.3 Å². The van der Waals surface area contributed by atoms with Crippen molar-refractivity contribution in [1.29, 1.82) is 0 Å². The minimum Gasteiger partial charge on any atom is -0.465 e. The van der Waals surface area contributed by atoms with Gasteiger partial charge in [-0.3, -0.25) is 14.4 Å². The maximum Gasteiger partial charge on any atom is 0.337 e. The molecule has 0 aromatic heterocycles. The van der Waals surface area contributed by atoms with Crippen molar-refractivity contribution < 1.29 is 28.3 Å². The minimum absolute atomic E-state index is 0.133. The standard InChI is InChI=1S/C27H27FN2O5/c1-35-27(34)19-11-13-20(14-12-19)30-24(31)17-23(26(30)33)29(16-15-18-7-3-2-4-8-18)25(32)21-9-5-6-10-22(21)28/h5-7,9-14,23H,2-4,8,15-17H2,1H3. The summed E-state index contributed by atoms with van der Waals surface area (Å²) in [6.45, 7) is 0.206. The van der Waals surface area contributed by atoms with Crippen LogP contribution in [0.2, 0.25) is 0 Å². The SMILES string of the molecule is COC(=O)c1ccc(N2C(=O)CC(N(CCC3=CCCCC3)C(=O)c3ccccc3F)C2=O)cc1. The van der Waals surface area contributed by atoms with Gasteiger partial charge in [0.2, 0.25) is 5.91 Å². The van der Waals surface area contributed by atoms with E-state index in [9.17, 15) is 23.6 Å². The number of methoxy groups -OCH3 is 1. The largest absolute Gasteiger partial charge is 0.465 e. The summed E-state index contributed by atoms with van der Waals surface area (Å²) in [5, 5.41) is 0. The van der Waals surface area contributed by atoms with Crippen molar-refractivity contribution in [3.8, 4) is 0 Å². The molecule has 0 bridgehead atoms. The zero-order valence-electron chi connectivity index (χ0n) is 19.5. The van der Waals surface area contributed by atoms with Crippen molar-refractivity contribution in [2.75, 3.05) is 18.6 Å². The second-order valence-corrected chi connectivity index (χ2v) is 8.66. The molecule has 1 atom stereocenters. The summed E-state index contributed by atoms with van der Waals surface area (Å²) in [6, 6.07) is 10.5. The normalized spacial score (nSPS) is 17.8. The van der Waals surface area contributed by atoms with E-state index in [0.29, 0.717) is 12.1 Å². The molecule has 1 heterocycles. The summed E-state index contributed by atoms with van der Waals surface area (Å²) >= 11 is 0. The van der Waals surface area contributed by atoms with E-state index in [2.05, 4.69) is 10.8 Å². The maximum absolute atomic E-state index is 14.5. The average molecular weight is 479 g/mol. The molecule has 0 saturated carbocycles. The Morgan fingerprint density at radius 1 is 1.09 bits per heavy atom. The summed E-state index contributed by atoms with van der Waals surface area (Å²) in [7, 11) is 1.26. The monoisotopic (exact) mass is 478 g/mol. The number of hydrogen-bond donors (Lipinski definition) is 0. The predicted octanol–water partition coefficient (Wildman–Crippen LogP) is 4.28. The maximum atomic E-state index is 14.5. The second-order valence-electron chi connectivity index (χ2n) is 8.66. The van der Waals surface area contributed by atoms with Crippen molar-refractivity contribution in [2.45, 2.75) is 44.6 Å². The number of amides is 3. The summed E-state index contributed by atoms with van der Waals surface area (Å²) < 4.78 is 19.2. The number of esters is 1. The molecule has 2 aromatic carbocycles. The molecule has 0 N–H and O–H groups in total. The van der Waals surface area contributed by atoms with E-state index in [1.807, 2.05) is 0 Å². The van der Waals surface area contributed by atoms with Gasteiger partial charge in [-0.2, -0.15) is 0 Å². The zero-order chi connectivity index (χ0) is 24.9. The van der Waals surface area contributed by atoms with Gasteiger partial charge in [-0.05, 0) is 68.5 Å². The second kappa shape index (κ2) is 10.6. The first-order valence-electron chi connectivity index (χ1n) is 11.7. The van der Waals surface area contributed by atoms with Gasteiger partial charge in [0.25, 0.3) is 11.8 Å². The zero-order valence-corrected chi connectivity index (χ0v) is 19.5. The molecule has 182 valence electrons. The fourth-order valence-electron chi connectivity index (χ4n) is 4.58. The van der Waals surface area contributed by atoms with Crippen LogP contribution in [0.4, 0.5) is 10.1 Å². The Bertz CT molecular complexity index is 1170. The van der Waals surface area contributed by atoms with E-state index in [0.717, 1.165) is 30.6 Å². The number of ether oxygens (including phenoxy) is 1. The number of imide groups is 1. The first-order chi connectivity index (χ1) is 16.9. The van der Waals surface area contributed by atoms with Crippen LogP contribution in [0, 0.1) is 5.82 Å². The van der Waals surface area contributed by atoms with E-state index in [1.165, 1.54) is 60.0 Å². The van der Waals surface area contributed by atoms with Crippen molar-refractivity contribution in [3.63, 3.8) is 0 Å². The van der Waals surface area contributed by atoms with Gasteiger partial charge in [0.15, 0.2) is 0 Å². The highest BCUT2D eigenvalue weighted by molar-refractivity contribution is 6.23. The highest BCUT2D eigenvalue weighted by Crippen LogP contribution is 2.29. The molecule has 2 aliphatic rings. The summed E-state index contributed by atoms with van der Waals surface area (Å²) in [4.78, 5) is 53.8. The van der Waals surface area contributed by atoms with E-state index in [1.54, 1.807) is 6.07 Å². The van der Waals surface area contributed by atoms with Gasteiger partial charge in [-0.15, -0.1) is 0 Å². The summed E-state index contributed by atoms with van der Waals surface area (Å²) in [5.74, 6) is -2.84. The van der Waals surface area contributed by atoms with Crippen LogP contribution in [0.5, 0.6) is 0 Å². The molecule has 1 fully saturated rings. The van der Waals surface area contributed by atoms with E-state index in [4.69, 9.17) is 0 Å². The molecule has 8 heteroatoms. The minimum atomic E-state index is -1.04. The highest BCUT2D eigenvalue weighted by Gasteiger charge is 2.44. The molecular weight excluding hydrogens is 451 g/mol. The van der Waals surface area contributed by atoms with Gasteiger partial charge in [0, 0.05) is 6.54 Å². The molecule has 2 aromatic rings. The van der Waals surface area contributed by atoms with Crippen LogP contribution in [0.15, 0.2) is 60.2 Å². The van der Waals surface area contributed by atoms with Crippen molar-refractivity contribution in [1.82, 2.24) is 4.90 Å². The number of rotatable bonds is 7. The lowest BCUT2D eigenvalue weighted by Crippen LogP contribution is -2.46. The average Bonchev–Trinajstić information content (AvgIpc) is 3.18. The quantitative estimate of drug-likeness (QED) is 0.337. The molecule has 1 unspecified atom stereocenters. The third-order valence-corrected chi connectivity index (χ3v) is 6.47. The Labute approximate surface area is 203 Å². The number of halogens is 1. The molecule has 35 heavy (non-hydrogen) atoms. The van der Waals surface area contributed by atoms with Crippen LogP contribution < -0.4 is 4.90 Å². The fraction of sp³-hybridized carbons (Fsp3) is 0.333. The Balaban J connectivity index is 1.61. The van der Waals surface area contributed by atoms with Crippen molar-refractivity contribution in [2.24, 2.45) is 0 Å². The first kappa shape index (κ1) is 24.3. The molecule has 4 rings (SSSR count). The van der Waals surface area contributed by atoms with Gasteiger partial charge < -0.3 is 9.64 Å². The lowest BCUT2D eigenvalue weighted by molar-refractivity contribution is -0.122. The van der Waals surface area contributed by atoms with E-state index >= 15 is 0 Å². The topological polar surface area (TPSA) is 84.0 Å². The number of hydrogen-bond acceptors (Lipinski definition) is 5. The lowest BCUT2D eigenvalue weighted by atomic mass is 9.96. The van der Waals surface area contributed by atoms with Gasteiger partial charge in [0.05, 0.1) is 30.3 Å². The molecule has 1 aliphatic carbocycles. The van der Waals surface area contributed by atoms with Crippen molar-refractivity contribution >= 4 is 29.4 Å². The Hall–Kier alpha value is -3.81. The van der Waals surface area contributed by atoms with Gasteiger partial charge in [0.1, 0.15) is 11.9 Å². The van der Waals surface area contributed by atoms with E-state index < -0.39 is 35.5 Å². The smallest absolute Gasteiger partial charge is 0.337 e.